The van der Waals surface area contributed by atoms with Crippen LogP contribution in [-0.2, 0) is 0 Å². The van der Waals surface area contributed by atoms with E-state index in [0.29, 0.717) is 6.04 Å². The molecule has 2 aromatic rings. The minimum Gasteiger partial charge on any atom is -0.354 e. The van der Waals surface area contributed by atoms with E-state index < -0.39 is 0 Å². The van der Waals surface area contributed by atoms with Crippen LogP contribution >= 0.6 is 0 Å². The van der Waals surface area contributed by atoms with E-state index in [1.54, 1.807) is 6.20 Å². The highest BCUT2D eigenvalue weighted by molar-refractivity contribution is 5.26. The molecule has 0 saturated carbocycles. The van der Waals surface area contributed by atoms with Gasteiger partial charge in [-0.05, 0) is 18.7 Å². The fourth-order valence-electron chi connectivity index (χ4n) is 2.35. The van der Waals surface area contributed by atoms with E-state index in [-0.39, 0.29) is 0 Å². The van der Waals surface area contributed by atoms with Crippen molar-refractivity contribution in [3.05, 3.63) is 48.3 Å². The zero-order chi connectivity index (χ0) is 13.5. The predicted octanol–water partition coefficient (Wildman–Crippen LogP) is 2.90. The first kappa shape index (κ1) is 13.6. The molecule has 19 heavy (non-hydrogen) atoms. The lowest BCUT2D eigenvalue weighted by molar-refractivity contribution is 0.228. The van der Waals surface area contributed by atoms with E-state index in [9.17, 15) is 0 Å². The molecule has 0 saturated heterocycles. The van der Waals surface area contributed by atoms with Crippen molar-refractivity contribution in [3.63, 3.8) is 0 Å². The summed E-state index contributed by atoms with van der Waals surface area (Å²) in [6.07, 6.45) is 3.59. The summed E-state index contributed by atoms with van der Waals surface area (Å²) in [5.41, 5.74) is 1.34. The molecule has 4 nitrogen and oxygen atoms in total. The molecule has 0 aliphatic heterocycles. The lowest BCUT2D eigenvalue weighted by Crippen LogP contribution is -2.33. The molecule has 2 rings (SSSR count). The van der Waals surface area contributed by atoms with Gasteiger partial charge in [-0.2, -0.15) is 0 Å². The highest BCUT2D eigenvalue weighted by Crippen LogP contribution is 2.20. The molecular formula is C15H22N4. The smallest absolute Gasteiger partial charge is 0.200 e. The maximum absolute atomic E-state index is 4.21. The quantitative estimate of drug-likeness (QED) is 0.802. The molecule has 0 radical (unpaired) electrons. The normalized spacial score (nSPS) is 12.6. The van der Waals surface area contributed by atoms with Crippen molar-refractivity contribution in [2.75, 3.05) is 25.0 Å². The van der Waals surface area contributed by atoms with Crippen LogP contribution in [0.1, 0.15) is 25.5 Å². The summed E-state index contributed by atoms with van der Waals surface area (Å²) in [6.45, 7) is 7.32. The number of hydrogen-bond acceptors (Lipinski definition) is 3. The molecule has 4 heteroatoms. The molecule has 0 aliphatic rings. The molecule has 2 N–H and O–H groups in total. The Morgan fingerprint density at radius 2 is 1.95 bits per heavy atom. The number of benzene rings is 1. The number of hydrogen-bond donors (Lipinski definition) is 2. The first-order valence-electron chi connectivity index (χ1n) is 6.87. The molecule has 1 aromatic carbocycles. The third-order valence-corrected chi connectivity index (χ3v) is 3.40. The molecule has 1 heterocycles. The Morgan fingerprint density at radius 1 is 1.21 bits per heavy atom. The molecule has 1 aromatic heterocycles. The number of nitrogens with one attached hydrogen (secondary N) is 2. The molecule has 0 amide bonds. The number of aromatic nitrogens is 2. The molecule has 1 unspecified atom stereocenters. The zero-order valence-corrected chi connectivity index (χ0v) is 11.6. The number of anilines is 1. The van der Waals surface area contributed by atoms with Crippen molar-refractivity contribution >= 4 is 5.95 Å². The van der Waals surface area contributed by atoms with Gasteiger partial charge in [-0.1, -0.05) is 44.2 Å². The SMILES string of the molecule is CCN(CC)C(CNc1ncc[nH]1)c1ccccc1. The lowest BCUT2D eigenvalue weighted by atomic mass is 10.1. The second kappa shape index (κ2) is 6.95. The number of likely N-dealkylation sites (N-methyl/N-ethyl adjacent to an activating group) is 1. The van der Waals surface area contributed by atoms with Crippen molar-refractivity contribution in [1.29, 1.82) is 0 Å². The Kier molecular flexibility index (Phi) is 4.98. The van der Waals surface area contributed by atoms with E-state index in [2.05, 4.69) is 64.4 Å². The fraction of sp³-hybridized carbons (Fsp3) is 0.400. The van der Waals surface area contributed by atoms with Crippen LogP contribution < -0.4 is 5.32 Å². The Bertz CT molecular complexity index is 448. The Balaban J connectivity index is 2.10. The van der Waals surface area contributed by atoms with Crippen LogP contribution in [0.5, 0.6) is 0 Å². The topological polar surface area (TPSA) is 44.0 Å². The second-order valence-corrected chi connectivity index (χ2v) is 4.47. The van der Waals surface area contributed by atoms with Crippen molar-refractivity contribution in [2.24, 2.45) is 0 Å². The third-order valence-electron chi connectivity index (χ3n) is 3.40. The van der Waals surface area contributed by atoms with Crippen LogP contribution in [0.15, 0.2) is 42.7 Å². The lowest BCUT2D eigenvalue weighted by Gasteiger charge is -2.30. The highest BCUT2D eigenvalue weighted by Gasteiger charge is 2.17. The summed E-state index contributed by atoms with van der Waals surface area (Å²) in [6, 6.07) is 11.0. The van der Waals surface area contributed by atoms with E-state index in [1.807, 2.05) is 6.20 Å². The average molecular weight is 258 g/mol. The van der Waals surface area contributed by atoms with Gasteiger partial charge >= 0.3 is 0 Å². The standard InChI is InChI=1S/C15H22N4/c1-3-19(4-2)14(13-8-6-5-7-9-13)12-18-15-16-10-11-17-15/h5-11,14H,3-4,12H2,1-2H3,(H2,16,17,18). The van der Waals surface area contributed by atoms with E-state index in [4.69, 9.17) is 0 Å². The molecule has 1 atom stereocenters. The maximum atomic E-state index is 4.21. The minimum absolute atomic E-state index is 0.362. The van der Waals surface area contributed by atoms with Gasteiger partial charge in [-0.25, -0.2) is 4.98 Å². The first-order valence-corrected chi connectivity index (χ1v) is 6.87. The molecule has 102 valence electrons. The number of rotatable bonds is 7. The minimum atomic E-state index is 0.362. The van der Waals surface area contributed by atoms with Crippen LogP contribution in [0.4, 0.5) is 5.95 Å². The van der Waals surface area contributed by atoms with Crippen LogP contribution in [-0.4, -0.2) is 34.5 Å². The van der Waals surface area contributed by atoms with Gasteiger partial charge in [0.25, 0.3) is 0 Å². The van der Waals surface area contributed by atoms with E-state index in [0.717, 1.165) is 25.6 Å². The molecule has 0 bridgehead atoms. The highest BCUT2D eigenvalue weighted by atomic mass is 15.2. The Hall–Kier alpha value is -1.81. The number of imidazole rings is 1. The summed E-state index contributed by atoms with van der Waals surface area (Å²) in [5, 5.41) is 3.36. The van der Waals surface area contributed by atoms with Gasteiger partial charge in [0.1, 0.15) is 0 Å². The summed E-state index contributed by atoms with van der Waals surface area (Å²) >= 11 is 0. The number of aromatic amines is 1. The van der Waals surface area contributed by atoms with E-state index >= 15 is 0 Å². The van der Waals surface area contributed by atoms with Gasteiger partial charge in [0, 0.05) is 18.9 Å². The zero-order valence-electron chi connectivity index (χ0n) is 11.6. The monoisotopic (exact) mass is 258 g/mol. The molecule has 0 fully saturated rings. The summed E-state index contributed by atoms with van der Waals surface area (Å²) in [4.78, 5) is 9.74. The van der Waals surface area contributed by atoms with E-state index in [1.165, 1.54) is 5.56 Å². The second-order valence-electron chi connectivity index (χ2n) is 4.47. The van der Waals surface area contributed by atoms with Crippen molar-refractivity contribution < 1.29 is 0 Å². The molecule has 0 spiro atoms. The summed E-state index contributed by atoms with van der Waals surface area (Å²) < 4.78 is 0. The van der Waals surface area contributed by atoms with Gasteiger partial charge in [0.2, 0.25) is 0 Å². The van der Waals surface area contributed by atoms with Crippen LogP contribution in [0, 0.1) is 0 Å². The number of nitrogens with zero attached hydrogens (tertiary/aromatic N) is 2. The van der Waals surface area contributed by atoms with Crippen molar-refractivity contribution in [1.82, 2.24) is 14.9 Å². The van der Waals surface area contributed by atoms with Gasteiger partial charge in [0.05, 0.1) is 6.04 Å². The fourth-order valence-corrected chi connectivity index (χ4v) is 2.35. The third kappa shape index (κ3) is 3.58. The average Bonchev–Trinajstić information content (AvgIpc) is 2.97. The van der Waals surface area contributed by atoms with Crippen LogP contribution in [0.25, 0.3) is 0 Å². The molecular weight excluding hydrogens is 236 g/mol. The summed E-state index contributed by atoms with van der Waals surface area (Å²) in [5.74, 6) is 0.827. The summed E-state index contributed by atoms with van der Waals surface area (Å²) in [7, 11) is 0. The van der Waals surface area contributed by atoms with Crippen molar-refractivity contribution in [3.8, 4) is 0 Å². The Labute approximate surface area is 114 Å². The Morgan fingerprint density at radius 3 is 2.53 bits per heavy atom. The van der Waals surface area contributed by atoms with Crippen LogP contribution in [0.3, 0.4) is 0 Å². The van der Waals surface area contributed by atoms with Gasteiger partial charge in [0.15, 0.2) is 5.95 Å². The maximum Gasteiger partial charge on any atom is 0.200 e. The number of H-pyrrole nitrogens is 1. The largest absolute Gasteiger partial charge is 0.354 e. The first-order chi connectivity index (χ1) is 9.35. The van der Waals surface area contributed by atoms with Crippen molar-refractivity contribution in [2.45, 2.75) is 19.9 Å². The van der Waals surface area contributed by atoms with Gasteiger partial charge in [-0.3, -0.25) is 4.90 Å². The van der Waals surface area contributed by atoms with Crippen LogP contribution in [0.2, 0.25) is 0 Å². The predicted molar refractivity (Wildman–Crippen MR) is 79.2 cm³/mol. The van der Waals surface area contributed by atoms with Gasteiger partial charge < -0.3 is 10.3 Å². The molecule has 0 aliphatic carbocycles. The van der Waals surface area contributed by atoms with Gasteiger partial charge in [-0.15, -0.1) is 0 Å².